The first kappa shape index (κ1) is 12.8. The van der Waals surface area contributed by atoms with Crippen molar-refractivity contribution < 1.29 is 18.7 Å². The van der Waals surface area contributed by atoms with Gasteiger partial charge in [-0.25, -0.2) is 9.18 Å². The van der Waals surface area contributed by atoms with Crippen molar-refractivity contribution in [2.75, 3.05) is 25.6 Å². The molecule has 2 rings (SSSR count). The fourth-order valence-corrected chi connectivity index (χ4v) is 2.10. The van der Waals surface area contributed by atoms with Crippen LogP contribution in [0.1, 0.15) is 12.8 Å². The third-order valence-corrected chi connectivity index (χ3v) is 3.15. The van der Waals surface area contributed by atoms with Crippen LogP contribution in [0.25, 0.3) is 0 Å². The molecule has 18 heavy (non-hydrogen) atoms. The van der Waals surface area contributed by atoms with E-state index in [0.717, 1.165) is 0 Å². The number of esters is 1. The summed E-state index contributed by atoms with van der Waals surface area (Å²) in [5.41, 5.74) is -0.0751. The Hall–Kier alpha value is -1.62. The number of ether oxygens (including phenoxy) is 2. The van der Waals surface area contributed by atoms with E-state index < -0.39 is 5.54 Å². The lowest BCUT2D eigenvalue weighted by Gasteiger charge is -2.35. The van der Waals surface area contributed by atoms with Crippen LogP contribution in [-0.2, 0) is 14.3 Å². The van der Waals surface area contributed by atoms with Crippen molar-refractivity contribution in [3.8, 4) is 0 Å². The molecule has 1 fully saturated rings. The summed E-state index contributed by atoms with van der Waals surface area (Å²) in [4.78, 5) is 11.9. The molecule has 0 amide bonds. The van der Waals surface area contributed by atoms with E-state index in [1.54, 1.807) is 12.1 Å². The van der Waals surface area contributed by atoms with E-state index in [1.807, 2.05) is 0 Å². The molecule has 0 radical (unpaired) electrons. The van der Waals surface area contributed by atoms with E-state index in [1.165, 1.54) is 19.2 Å². The van der Waals surface area contributed by atoms with Crippen molar-refractivity contribution in [1.82, 2.24) is 0 Å². The van der Waals surface area contributed by atoms with Gasteiger partial charge in [-0.05, 0) is 24.3 Å². The van der Waals surface area contributed by atoms with Gasteiger partial charge in [0.05, 0.1) is 7.11 Å². The van der Waals surface area contributed by atoms with Gasteiger partial charge in [-0.1, -0.05) is 0 Å². The Labute approximate surface area is 105 Å². The third kappa shape index (κ3) is 2.61. The second-order valence-corrected chi connectivity index (χ2v) is 4.32. The van der Waals surface area contributed by atoms with Gasteiger partial charge in [0.1, 0.15) is 11.4 Å². The number of carbonyl (C=O) groups is 1. The van der Waals surface area contributed by atoms with Crippen molar-refractivity contribution in [2.24, 2.45) is 0 Å². The summed E-state index contributed by atoms with van der Waals surface area (Å²) in [6.07, 6.45) is 1.08. The number of hydrogen-bond acceptors (Lipinski definition) is 4. The van der Waals surface area contributed by atoms with Crippen molar-refractivity contribution in [2.45, 2.75) is 18.4 Å². The summed E-state index contributed by atoms with van der Waals surface area (Å²) >= 11 is 0. The highest BCUT2D eigenvalue weighted by molar-refractivity contribution is 5.84. The van der Waals surface area contributed by atoms with E-state index in [4.69, 9.17) is 9.47 Å². The Balaban J connectivity index is 2.19. The maximum Gasteiger partial charge on any atom is 0.331 e. The van der Waals surface area contributed by atoms with Gasteiger partial charge >= 0.3 is 5.97 Å². The quantitative estimate of drug-likeness (QED) is 0.836. The van der Waals surface area contributed by atoms with Crippen LogP contribution < -0.4 is 5.32 Å². The van der Waals surface area contributed by atoms with Gasteiger partial charge in [-0.3, -0.25) is 0 Å². The summed E-state index contributed by atoms with van der Waals surface area (Å²) < 4.78 is 23.0. The summed E-state index contributed by atoms with van der Waals surface area (Å²) in [6.45, 7) is 1.01. The fourth-order valence-electron chi connectivity index (χ4n) is 2.10. The van der Waals surface area contributed by atoms with Crippen LogP contribution in [0.15, 0.2) is 24.3 Å². The Kier molecular flexibility index (Phi) is 3.81. The summed E-state index contributed by atoms with van der Waals surface area (Å²) in [5.74, 6) is -0.616. The number of rotatable bonds is 3. The van der Waals surface area contributed by atoms with Gasteiger partial charge in [0.25, 0.3) is 0 Å². The first-order valence-electron chi connectivity index (χ1n) is 5.86. The normalized spacial score (nSPS) is 18.1. The van der Waals surface area contributed by atoms with Crippen LogP contribution in [0.2, 0.25) is 0 Å². The lowest BCUT2D eigenvalue weighted by Crippen LogP contribution is -2.51. The molecule has 1 aliphatic rings. The molecule has 0 bridgehead atoms. The van der Waals surface area contributed by atoms with E-state index in [9.17, 15) is 9.18 Å². The molecule has 1 N–H and O–H groups in total. The standard InChI is InChI=1S/C13H16FNO3/c1-17-12(16)13(6-8-18-9-7-13)15-11-4-2-10(14)3-5-11/h2-5,15H,6-9H2,1H3. The molecule has 1 saturated heterocycles. The smallest absolute Gasteiger partial charge is 0.331 e. The van der Waals surface area contributed by atoms with Crippen molar-refractivity contribution in [1.29, 1.82) is 0 Å². The maximum atomic E-state index is 12.8. The predicted molar refractivity (Wildman–Crippen MR) is 64.8 cm³/mol. The molecule has 98 valence electrons. The highest BCUT2D eigenvalue weighted by Gasteiger charge is 2.41. The first-order chi connectivity index (χ1) is 8.66. The zero-order valence-electron chi connectivity index (χ0n) is 10.2. The molecule has 0 saturated carbocycles. The number of anilines is 1. The average molecular weight is 253 g/mol. The molecule has 1 aromatic rings. The number of benzene rings is 1. The minimum atomic E-state index is -0.773. The van der Waals surface area contributed by atoms with E-state index in [-0.39, 0.29) is 11.8 Å². The Morgan fingerprint density at radius 1 is 1.33 bits per heavy atom. The van der Waals surface area contributed by atoms with E-state index in [0.29, 0.717) is 31.7 Å². The second-order valence-electron chi connectivity index (χ2n) is 4.32. The van der Waals surface area contributed by atoms with Gasteiger partial charge < -0.3 is 14.8 Å². The number of methoxy groups -OCH3 is 1. The lowest BCUT2D eigenvalue weighted by molar-refractivity contribution is -0.149. The molecule has 1 heterocycles. The van der Waals surface area contributed by atoms with E-state index in [2.05, 4.69) is 5.32 Å². The number of halogens is 1. The summed E-state index contributed by atoms with van der Waals surface area (Å²) in [6, 6.07) is 5.92. The van der Waals surface area contributed by atoms with Crippen molar-refractivity contribution >= 4 is 11.7 Å². The molecule has 0 aromatic heterocycles. The Bertz CT molecular complexity index is 413. The molecule has 5 heteroatoms. The molecule has 1 aromatic carbocycles. The minimum absolute atomic E-state index is 0.306. The number of hydrogen-bond donors (Lipinski definition) is 1. The molecule has 4 nitrogen and oxygen atoms in total. The van der Waals surface area contributed by atoms with Crippen molar-refractivity contribution in [3.05, 3.63) is 30.1 Å². The van der Waals surface area contributed by atoms with Crippen molar-refractivity contribution in [3.63, 3.8) is 0 Å². The van der Waals surface area contributed by atoms with Gasteiger partial charge in [0, 0.05) is 31.7 Å². The van der Waals surface area contributed by atoms with Crippen LogP contribution in [0.4, 0.5) is 10.1 Å². The van der Waals surface area contributed by atoms with Gasteiger partial charge in [0.2, 0.25) is 0 Å². The highest BCUT2D eigenvalue weighted by atomic mass is 19.1. The van der Waals surface area contributed by atoms with Crippen LogP contribution in [0.3, 0.4) is 0 Å². The monoisotopic (exact) mass is 253 g/mol. The Morgan fingerprint density at radius 2 is 1.94 bits per heavy atom. The van der Waals surface area contributed by atoms with Crippen LogP contribution >= 0.6 is 0 Å². The molecule has 1 aliphatic heterocycles. The molecular formula is C13H16FNO3. The molecular weight excluding hydrogens is 237 g/mol. The minimum Gasteiger partial charge on any atom is -0.467 e. The summed E-state index contributed by atoms with van der Waals surface area (Å²) in [5, 5.41) is 3.15. The average Bonchev–Trinajstić information content (AvgIpc) is 2.41. The van der Waals surface area contributed by atoms with Crippen LogP contribution in [0, 0.1) is 5.82 Å². The zero-order valence-corrected chi connectivity index (χ0v) is 10.2. The summed E-state index contributed by atoms with van der Waals surface area (Å²) in [7, 11) is 1.37. The second kappa shape index (κ2) is 5.35. The first-order valence-corrected chi connectivity index (χ1v) is 5.86. The SMILES string of the molecule is COC(=O)C1(Nc2ccc(F)cc2)CCOCC1. The molecule has 0 atom stereocenters. The number of nitrogens with one attached hydrogen (secondary N) is 1. The van der Waals surface area contributed by atoms with Gasteiger partial charge in [-0.15, -0.1) is 0 Å². The van der Waals surface area contributed by atoms with Crippen LogP contribution in [-0.4, -0.2) is 31.8 Å². The topological polar surface area (TPSA) is 47.6 Å². The lowest BCUT2D eigenvalue weighted by atomic mass is 9.89. The number of carbonyl (C=O) groups excluding carboxylic acids is 1. The third-order valence-electron chi connectivity index (χ3n) is 3.15. The van der Waals surface area contributed by atoms with Gasteiger partial charge in [0.15, 0.2) is 0 Å². The Morgan fingerprint density at radius 3 is 2.50 bits per heavy atom. The van der Waals surface area contributed by atoms with E-state index >= 15 is 0 Å². The molecule has 0 spiro atoms. The molecule has 0 aliphatic carbocycles. The van der Waals surface area contributed by atoms with Gasteiger partial charge in [-0.2, -0.15) is 0 Å². The highest BCUT2D eigenvalue weighted by Crippen LogP contribution is 2.27. The predicted octanol–water partition coefficient (Wildman–Crippen LogP) is 1.96. The largest absolute Gasteiger partial charge is 0.467 e. The fraction of sp³-hybridized carbons (Fsp3) is 0.462. The zero-order chi connectivity index (χ0) is 13.0. The maximum absolute atomic E-state index is 12.8. The molecule has 0 unspecified atom stereocenters. The van der Waals surface area contributed by atoms with Crippen LogP contribution in [0.5, 0.6) is 0 Å².